The Morgan fingerprint density at radius 2 is 2.44 bits per heavy atom. The van der Waals surface area contributed by atoms with Gasteiger partial charge in [-0.15, -0.1) is 11.3 Å². The Kier molecular flexibility index (Phi) is 4.29. The number of thiophene rings is 1. The van der Waals surface area contributed by atoms with E-state index >= 15 is 0 Å². The molecule has 1 aliphatic heterocycles. The highest BCUT2D eigenvalue weighted by Gasteiger charge is 2.28. The molecule has 0 saturated carbocycles. The summed E-state index contributed by atoms with van der Waals surface area (Å²) in [6, 6.07) is 3.73. The van der Waals surface area contributed by atoms with E-state index in [1.54, 1.807) is 23.1 Å². The number of carboxylic acid groups (broad SMARTS) is 1. The fraction of sp³-hybridized carbons (Fsp3) is 0.500. The number of hydrogen-bond donors (Lipinski definition) is 1. The molecule has 3 nitrogen and oxygen atoms in total. The second-order valence-electron chi connectivity index (χ2n) is 3.61. The molecule has 1 N–H and O–H groups in total. The number of hydrogen-bond acceptors (Lipinski definition) is 4. The lowest BCUT2D eigenvalue weighted by molar-refractivity contribution is -0.142. The van der Waals surface area contributed by atoms with Gasteiger partial charge in [0, 0.05) is 29.5 Å². The van der Waals surface area contributed by atoms with Crippen molar-refractivity contribution in [1.29, 1.82) is 0 Å². The highest BCUT2D eigenvalue weighted by Crippen LogP contribution is 2.26. The van der Waals surface area contributed by atoms with Crippen LogP contribution in [0, 0.1) is 0 Å². The van der Waals surface area contributed by atoms with Gasteiger partial charge in [-0.25, -0.2) is 0 Å². The van der Waals surface area contributed by atoms with Crippen LogP contribution in [0.4, 0.5) is 0 Å². The molecule has 0 spiro atoms. The highest BCUT2D eigenvalue weighted by molar-refractivity contribution is 9.11. The van der Waals surface area contributed by atoms with Crippen LogP contribution in [0.15, 0.2) is 15.9 Å². The molecule has 1 unspecified atom stereocenters. The Morgan fingerprint density at radius 3 is 3.06 bits per heavy atom. The molecular weight excluding hydrogens is 310 g/mol. The minimum absolute atomic E-state index is 0.334. The average Bonchev–Trinajstić information content (AvgIpc) is 2.64. The molecule has 1 aliphatic rings. The molecule has 88 valence electrons. The van der Waals surface area contributed by atoms with Crippen LogP contribution in [0.2, 0.25) is 0 Å². The number of halogens is 1. The molecule has 2 rings (SSSR count). The lowest BCUT2D eigenvalue weighted by atomic mass is 10.2. The largest absolute Gasteiger partial charge is 0.480 e. The van der Waals surface area contributed by atoms with Crippen molar-refractivity contribution >= 4 is 45.0 Å². The maximum absolute atomic E-state index is 11.1. The van der Waals surface area contributed by atoms with Gasteiger partial charge in [-0.2, -0.15) is 11.8 Å². The van der Waals surface area contributed by atoms with Gasteiger partial charge in [0.25, 0.3) is 0 Å². The summed E-state index contributed by atoms with van der Waals surface area (Å²) in [5, 5.41) is 9.13. The van der Waals surface area contributed by atoms with E-state index in [1.165, 1.54) is 4.88 Å². The molecular formula is C10H12BrNO2S2. The van der Waals surface area contributed by atoms with Crippen LogP contribution in [0.3, 0.4) is 0 Å². The molecule has 1 aromatic rings. The van der Waals surface area contributed by atoms with Crippen molar-refractivity contribution < 1.29 is 9.90 Å². The van der Waals surface area contributed by atoms with E-state index in [4.69, 9.17) is 5.11 Å². The lowest BCUT2D eigenvalue weighted by Crippen LogP contribution is -2.46. The van der Waals surface area contributed by atoms with E-state index in [1.807, 2.05) is 6.07 Å². The van der Waals surface area contributed by atoms with Gasteiger partial charge in [-0.1, -0.05) is 0 Å². The zero-order valence-corrected chi connectivity index (χ0v) is 11.8. The van der Waals surface area contributed by atoms with Crippen LogP contribution >= 0.6 is 39.0 Å². The minimum atomic E-state index is -0.706. The Bertz CT molecular complexity index is 383. The van der Waals surface area contributed by atoms with Gasteiger partial charge in [0.05, 0.1) is 3.79 Å². The Balaban J connectivity index is 2.03. The summed E-state index contributed by atoms with van der Waals surface area (Å²) >= 11 is 6.81. The van der Waals surface area contributed by atoms with E-state index < -0.39 is 5.97 Å². The summed E-state index contributed by atoms with van der Waals surface area (Å²) < 4.78 is 1.10. The van der Waals surface area contributed by atoms with Crippen LogP contribution < -0.4 is 0 Å². The number of nitrogens with zero attached hydrogens (tertiary/aromatic N) is 1. The third kappa shape index (κ3) is 3.00. The van der Waals surface area contributed by atoms with Gasteiger partial charge in [0.15, 0.2) is 0 Å². The first-order valence-corrected chi connectivity index (χ1v) is 7.72. The maximum Gasteiger partial charge on any atom is 0.321 e. The van der Waals surface area contributed by atoms with Crippen LogP contribution in [-0.2, 0) is 11.3 Å². The smallest absolute Gasteiger partial charge is 0.321 e. The molecule has 0 bridgehead atoms. The zero-order chi connectivity index (χ0) is 11.5. The number of carbonyl (C=O) groups is 1. The van der Waals surface area contributed by atoms with Crippen LogP contribution in [0.25, 0.3) is 0 Å². The predicted molar refractivity (Wildman–Crippen MR) is 71.2 cm³/mol. The molecule has 0 amide bonds. The molecule has 1 aromatic heterocycles. The first-order valence-electron chi connectivity index (χ1n) is 4.95. The Morgan fingerprint density at radius 1 is 1.62 bits per heavy atom. The van der Waals surface area contributed by atoms with Crippen LogP contribution in [0.5, 0.6) is 0 Å². The number of rotatable bonds is 3. The van der Waals surface area contributed by atoms with Crippen molar-refractivity contribution in [3.63, 3.8) is 0 Å². The summed E-state index contributed by atoms with van der Waals surface area (Å²) in [6.07, 6.45) is 0. The van der Waals surface area contributed by atoms with E-state index in [9.17, 15) is 4.79 Å². The van der Waals surface area contributed by atoms with Gasteiger partial charge in [-0.05, 0) is 28.1 Å². The van der Waals surface area contributed by atoms with Crippen LogP contribution in [-0.4, -0.2) is 40.1 Å². The van der Waals surface area contributed by atoms with Gasteiger partial charge in [0.1, 0.15) is 6.04 Å². The molecule has 1 saturated heterocycles. The molecule has 1 atom stereocenters. The van der Waals surface area contributed by atoms with Crippen LogP contribution in [0.1, 0.15) is 4.88 Å². The van der Waals surface area contributed by atoms with Crippen molar-refractivity contribution in [1.82, 2.24) is 4.90 Å². The lowest BCUT2D eigenvalue weighted by Gasteiger charge is -2.31. The van der Waals surface area contributed by atoms with Crippen molar-refractivity contribution in [3.8, 4) is 0 Å². The minimum Gasteiger partial charge on any atom is -0.480 e. The molecule has 1 fully saturated rings. The van der Waals surface area contributed by atoms with Gasteiger partial charge in [-0.3, -0.25) is 9.69 Å². The summed E-state index contributed by atoms with van der Waals surface area (Å²) in [6.45, 7) is 1.60. The third-order valence-electron chi connectivity index (χ3n) is 2.51. The van der Waals surface area contributed by atoms with Gasteiger partial charge in [0.2, 0.25) is 0 Å². The monoisotopic (exact) mass is 321 g/mol. The zero-order valence-electron chi connectivity index (χ0n) is 8.56. The molecule has 0 aliphatic carbocycles. The third-order valence-corrected chi connectivity index (χ3v) is 5.14. The summed E-state index contributed by atoms with van der Waals surface area (Å²) in [5.41, 5.74) is 0. The summed E-state index contributed by atoms with van der Waals surface area (Å²) in [4.78, 5) is 14.4. The van der Waals surface area contributed by atoms with E-state index in [2.05, 4.69) is 26.9 Å². The molecule has 16 heavy (non-hydrogen) atoms. The first-order chi connectivity index (χ1) is 7.66. The average molecular weight is 322 g/mol. The predicted octanol–water partition coefficient (Wildman–Crippen LogP) is 2.51. The first kappa shape index (κ1) is 12.4. The highest BCUT2D eigenvalue weighted by atomic mass is 79.9. The number of thioether (sulfide) groups is 1. The van der Waals surface area contributed by atoms with Crippen molar-refractivity contribution in [2.24, 2.45) is 0 Å². The van der Waals surface area contributed by atoms with E-state index in [0.29, 0.717) is 5.75 Å². The number of aliphatic carboxylic acids is 1. The van der Waals surface area contributed by atoms with Crippen molar-refractivity contribution in [2.75, 3.05) is 18.1 Å². The molecule has 0 radical (unpaired) electrons. The quantitative estimate of drug-likeness (QED) is 0.928. The maximum atomic E-state index is 11.1. The fourth-order valence-corrected chi connectivity index (χ4v) is 4.31. The topological polar surface area (TPSA) is 40.5 Å². The van der Waals surface area contributed by atoms with Crippen molar-refractivity contribution in [2.45, 2.75) is 12.6 Å². The second kappa shape index (κ2) is 5.53. The fourth-order valence-electron chi connectivity index (χ4n) is 1.69. The molecule has 6 heteroatoms. The molecule has 2 heterocycles. The van der Waals surface area contributed by atoms with Gasteiger partial charge < -0.3 is 5.11 Å². The Hall–Kier alpha value is -0.0400. The van der Waals surface area contributed by atoms with Crippen molar-refractivity contribution in [3.05, 3.63) is 20.8 Å². The summed E-state index contributed by atoms with van der Waals surface area (Å²) in [7, 11) is 0. The molecule has 0 aromatic carbocycles. The van der Waals surface area contributed by atoms with E-state index in [-0.39, 0.29) is 6.04 Å². The standard InChI is InChI=1S/C10H12BrNO2S2/c11-9-2-1-7(16-9)5-12-3-4-15-6-8(12)10(13)14/h1-2,8H,3-6H2,(H,13,14). The second-order valence-corrected chi connectivity index (χ2v) is 7.30. The number of carboxylic acids is 1. The van der Waals surface area contributed by atoms with E-state index in [0.717, 1.165) is 22.6 Å². The SMILES string of the molecule is O=C(O)C1CSCCN1Cc1ccc(Br)s1. The summed E-state index contributed by atoms with van der Waals surface area (Å²) in [5.74, 6) is 1.01. The van der Waals surface area contributed by atoms with Gasteiger partial charge >= 0.3 is 5.97 Å². The Labute approximate surface area is 111 Å². The normalized spacial score (nSPS) is 22.2.